The second-order valence-electron chi connectivity index (χ2n) is 2.25. The largest absolute Gasteiger partial charge is 0.305 e. The number of hydrogen-bond donors (Lipinski definition) is 1. The molecule has 1 aliphatic heterocycles. The van der Waals surface area contributed by atoms with Gasteiger partial charge in [-0.3, -0.25) is 4.79 Å². The lowest BCUT2D eigenvalue weighted by Gasteiger charge is -2.20. The highest BCUT2D eigenvalue weighted by Crippen LogP contribution is 1.88. The van der Waals surface area contributed by atoms with Crippen molar-refractivity contribution in [2.24, 2.45) is 0 Å². The Labute approximate surface area is 54.8 Å². The molecule has 1 N–H and O–H groups in total. The van der Waals surface area contributed by atoms with Crippen molar-refractivity contribution in [3.8, 4) is 0 Å². The first-order chi connectivity index (χ1) is 4.30. The van der Waals surface area contributed by atoms with Crippen LogP contribution in [0, 0.1) is 0 Å². The zero-order valence-corrected chi connectivity index (χ0v) is 5.55. The monoisotopic (exact) mass is 127 g/mol. The van der Waals surface area contributed by atoms with Gasteiger partial charge in [0.2, 0.25) is 0 Å². The van der Waals surface area contributed by atoms with Crippen LogP contribution in [0.3, 0.4) is 0 Å². The van der Waals surface area contributed by atoms with Gasteiger partial charge in [-0.2, -0.15) is 0 Å². The molecular weight excluding hydrogens is 116 g/mol. The van der Waals surface area contributed by atoms with Gasteiger partial charge in [0.1, 0.15) is 5.78 Å². The molecule has 1 fully saturated rings. The molecule has 0 spiro atoms. The number of nitrogens with one attached hydrogen (secondary N) is 1. The van der Waals surface area contributed by atoms with Crippen molar-refractivity contribution in [2.45, 2.75) is 13.0 Å². The Kier molecular flexibility index (Phi) is 2.19. The van der Waals surface area contributed by atoms with Gasteiger partial charge in [-0.15, -0.1) is 0 Å². The van der Waals surface area contributed by atoms with E-state index in [1.807, 2.05) is 0 Å². The van der Waals surface area contributed by atoms with Gasteiger partial charge in [-0.1, -0.05) is 0 Å². The van der Waals surface area contributed by atoms with Gasteiger partial charge in [0, 0.05) is 19.6 Å². The van der Waals surface area contributed by atoms with Crippen LogP contribution in [0.2, 0.25) is 0 Å². The van der Waals surface area contributed by atoms with Crippen LogP contribution in [-0.4, -0.2) is 31.5 Å². The molecule has 1 atom stereocenters. The summed E-state index contributed by atoms with van der Waals surface area (Å²) in [4.78, 5) is 10.7. The Bertz CT molecular complexity index is 108. The number of nitrogens with zero attached hydrogens (tertiary/aromatic N) is 1. The van der Waals surface area contributed by atoms with Crippen molar-refractivity contribution >= 4 is 5.78 Å². The summed E-state index contributed by atoms with van der Waals surface area (Å²) in [5, 5.41) is 7.17. The van der Waals surface area contributed by atoms with Gasteiger partial charge >= 0.3 is 0 Å². The number of carbonyl (C=O) groups is 1. The molecule has 0 amide bonds. The van der Waals surface area contributed by atoms with E-state index in [0.717, 1.165) is 13.1 Å². The molecule has 1 aliphatic rings. The number of hydrogen-bond acceptors (Lipinski definition) is 2. The average molecular weight is 127 g/mol. The fourth-order valence-corrected chi connectivity index (χ4v) is 0.875. The van der Waals surface area contributed by atoms with Crippen molar-refractivity contribution in [1.82, 2.24) is 10.6 Å². The highest BCUT2D eigenvalue weighted by molar-refractivity contribution is 5.81. The number of ketones is 1. The highest BCUT2D eigenvalue weighted by Gasteiger charge is 2.15. The van der Waals surface area contributed by atoms with E-state index in [9.17, 15) is 4.79 Å². The average Bonchev–Trinajstić information content (AvgIpc) is 1.90. The van der Waals surface area contributed by atoms with E-state index >= 15 is 0 Å². The molecule has 1 radical (unpaired) electrons. The minimum atomic E-state index is -0.00116. The first-order valence-electron chi connectivity index (χ1n) is 3.18. The summed E-state index contributed by atoms with van der Waals surface area (Å²) in [6.07, 6.45) is 0. The molecule has 9 heavy (non-hydrogen) atoms. The molecule has 1 saturated heterocycles. The lowest BCUT2D eigenvalue weighted by atomic mass is 10.2. The molecule has 3 heteroatoms. The summed E-state index contributed by atoms with van der Waals surface area (Å²) in [6.45, 7) is 3.96. The second kappa shape index (κ2) is 2.94. The topological polar surface area (TPSA) is 43.2 Å². The maximum absolute atomic E-state index is 10.7. The minimum Gasteiger partial charge on any atom is -0.305 e. The van der Waals surface area contributed by atoms with Gasteiger partial charge in [-0.25, -0.2) is 5.32 Å². The third-order valence-electron chi connectivity index (χ3n) is 1.46. The Balaban J connectivity index is 2.31. The molecule has 1 unspecified atom stereocenters. The zero-order valence-electron chi connectivity index (χ0n) is 5.55. The number of piperazine rings is 1. The van der Waals surface area contributed by atoms with E-state index in [0.29, 0.717) is 6.54 Å². The Hall–Kier alpha value is -0.410. The number of rotatable bonds is 1. The van der Waals surface area contributed by atoms with Gasteiger partial charge < -0.3 is 5.32 Å². The van der Waals surface area contributed by atoms with E-state index in [4.69, 9.17) is 0 Å². The third kappa shape index (κ3) is 1.77. The normalized spacial score (nSPS) is 27.9. The summed E-state index contributed by atoms with van der Waals surface area (Å²) >= 11 is 0. The molecule has 0 aromatic carbocycles. The van der Waals surface area contributed by atoms with Crippen LogP contribution in [-0.2, 0) is 4.79 Å². The molecule has 0 aliphatic carbocycles. The molecule has 0 aromatic heterocycles. The fraction of sp³-hybridized carbons (Fsp3) is 0.833. The molecule has 0 bridgehead atoms. The number of Topliss-reactive ketones (excluding diaryl/α,β-unsaturated/α-hetero) is 1. The van der Waals surface area contributed by atoms with Crippen molar-refractivity contribution in [2.75, 3.05) is 19.6 Å². The fourth-order valence-electron chi connectivity index (χ4n) is 0.875. The van der Waals surface area contributed by atoms with Crippen LogP contribution >= 0.6 is 0 Å². The summed E-state index contributed by atoms with van der Waals surface area (Å²) in [5.74, 6) is 0.193. The lowest BCUT2D eigenvalue weighted by molar-refractivity contribution is -0.119. The minimum absolute atomic E-state index is 0.00116. The van der Waals surface area contributed by atoms with Gasteiger partial charge in [0.15, 0.2) is 0 Å². The van der Waals surface area contributed by atoms with Crippen molar-refractivity contribution < 1.29 is 4.79 Å². The summed E-state index contributed by atoms with van der Waals surface area (Å²) in [7, 11) is 0. The van der Waals surface area contributed by atoms with Crippen LogP contribution < -0.4 is 10.6 Å². The van der Waals surface area contributed by atoms with Crippen LogP contribution in [0.4, 0.5) is 0 Å². The first-order valence-corrected chi connectivity index (χ1v) is 3.18. The van der Waals surface area contributed by atoms with E-state index in [1.54, 1.807) is 6.92 Å². The second-order valence-corrected chi connectivity index (χ2v) is 2.25. The van der Waals surface area contributed by atoms with Gasteiger partial charge in [-0.05, 0) is 6.92 Å². The molecule has 1 heterocycles. The zero-order chi connectivity index (χ0) is 6.69. The quantitative estimate of drug-likeness (QED) is 0.498. The summed E-state index contributed by atoms with van der Waals surface area (Å²) in [6, 6.07) is -0.00116. The van der Waals surface area contributed by atoms with Crippen LogP contribution in [0.1, 0.15) is 6.92 Å². The maximum Gasteiger partial charge on any atom is 0.148 e. The van der Waals surface area contributed by atoms with Gasteiger partial charge in [0.05, 0.1) is 6.04 Å². The van der Waals surface area contributed by atoms with E-state index < -0.39 is 0 Å². The molecule has 51 valence electrons. The third-order valence-corrected chi connectivity index (χ3v) is 1.46. The molecule has 0 saturated carbocycles. The number of carbonyl (C=O) groups excluding carboxylic acids is 1. The van der Waals surface area contributed by atoms with Crippen molar-refractivity contribution in [3.63, 3.8) is 0 Å². The standard InChI is InChI=1S/C6H11N2O/c1-5(9)6-4-7-2-3-8-6/h6,8H,2-4H2,1H3. The van der Waals surface area contributed by atoms with Gasteiger partial charge in [0.25, 0.3) is 0 Å². The predicted octanol–water partition coefficient (Wildman–Crippen LogP) is -0.848. The molecular formula is C6H11N2O. The van der Waals surface area contributed by atoms with Crippen molar-refractivity contribution in [1.29, 1.82) is 0 Å². The van der Waals surface area contributed by atoms with Crippen molar-refractivity contribution in [3.05, 3.63) is 0 Å². The van der Waals surface area contributed by atoms with Crippen LogP contribution in [0.15, 0.2) is 0 Å². The highest BCUT2D eigenvalue weighted by atomic mass is 16.1. The Morgan fingerprint density at radius 1 is 1.78 bits per heavy atom. The lowest BCUT2D eigenvalue weighted by Crippen LogP contribution is -2.48. The van der Waals surface area contributed by atoms with E-state index in [2.05, 4.69) is 10.6 Å². The summed E-state index contributed by atoms with van der Waals surface area (Å²) < 4.78 is 0. The Morgan fingerprint density at radius 3 is 2.89 bits per heavy atom. The Morgan fingerprint density at radius 2 is 2.56 bits per heavy atom. The maximum atomic E-state index is 10.7. The van der Waals surface area contributed by atoms with E-state index in [-0.39, 0.29) is 11.8 Å². The predicted molar refractivity (Wildman–Crippen MR) is 34.3 cm³/mol. The molecule has 1 rings (SSSR count). The molecule has 3 nitrogen and oxygen atoms in total. The van der Waals surface area contributed by atoms with Crippen LogP contribution in [0.5, 0.6) is 0 Å². The van der Waals surface area contributed by atoms with E-state index in [1.165, 1.54) is 0 Å². The van der Waals surface area contributed by atoms with Crippen LogP contribution in [0.25, 0.3) is 0 Å². The molecule has 0 aromatic rings. The smallest absolute Gasteiger partial charge is 0.148 e. The first kappa shape index (κ1) is 6.71. The summed E-state index contributed by atoms with van der Waals surface area (Å²) in [5.41, 5.74) is 0. The SMILES string of the molecule is CC(=O)C1C[N]CCN1.